The lowest BCUT2D eigenvalue weighted by Gasteiger charge is -2.04. The first kappa shape index (κ1) is 15.9. The Bertz CT molecular complexity index is 700. The summed E-state index contributed by atoms with van der Waals surface area (Å²) in [5.41, 5.74) is 1.94. The summed E-state index contributed by atoms with van der Waals surface area (Å²) in [6.45, 7) is 0.407. The van der Waals surface area contributed by atoms with E-state index in [2.05, 4.69) is 5.32 Å². The van der Waals surface area contributed by atoms with Crippen LogP contribution in [-0.4, -0.2) is 12.2 Å². The van der Waals surface area contributed by atoms with E-state index in [0.717, 1.165) is 16.0 Å². The average Bonchev–Trinajstić information content (AvgIpc) is 2.59. The van der Waals surface area contributed by atoms with Crippen molar-refractivity contribution in [1.82, 2.24) is 5.32 Å². The third-order valence-electron chi connectivity index (χ3n) is 3.09. The minimum atomic E-state index is -0.361. The highest BCUT2D eigenvalue weighted by atomic mass is 32.2. The van der Waals surface area contributed by atoms with Crippen molar-refractivity contribution in [2.75, 3.05) is 6.26 Å². The molecule has 3 nitrogen and oxygen atoms in total. The van der Waals surface area contributed by atoms with Gasteiger partial charge in [0.2, 0.25) is 0 Å². The van der Waals surface area contributed by atoms with E-state index in [1.807, 2.05) is 66.9 Å². The summed E-state index contributed by atoms with van der Waals surface area (Å²) in [4.78, 5) is 13.2. The number of benzene rings is 2. The monoisotopic (exact) mass is 308 g/mol. The fraction of sp³-hybridized carbons (Fsp3) is 0.111. The first-order chi connectivity index (χ1) is 10.7. The van der Waals surface area contributed by atoms with Gasteiger partial charge >= 0.3 is 0 Å². The van der Waals surface area contributed by atoms with Crippen LogP contribution >= 0.6 is 11.8 Å². The summed E-state index contributed by atoms with van der Waals surface area (Å²) in [5, 5.41) is 11.9. The van der Waals surface area contributed by atoms with Crippen LogP contribution in [0.1, 0.15) is 11.1 Å². The predicted molar refractivity (Wildman–Crippen MR) is 90.1 cm³/mol. The third-order valence-corrected chi connectivity index (χ3v) is 3.83. The van der Waals surface area contributed by atoms with Crippen LogP contribution in [0.5, 0.6) is 0 Å². The molecule has 110 valence electrons. The Labute approximate surface area is 134 Å². The molecule has 2 rings (SSSR count). The Morgan fingerprint density at radius 3 is 2.45 bits per heavy atom. The van der Waals surface area contributed by atoms with Gasteiger partial charge in [0, 0.05) is 11.4 Å². The van der Waals surface area contributed by atoms with E-state index in [-0.39, 0.29) is 11.5 Å². The van der Waals surface area contributed by atoms with E-state index in [0.29, 0.717) is 6.54 Å². The molecule has 0 saturated heterocycles. The number of nitrogens with zero attached hydrogens (tertiary/aromatic N) is 1. The first-order valence-corrected chi connectivity index (χ1v) is 8.03. The summed E-state index contributed by atoms with van der Waals surface area (Å²) in [5.74, 6) is -0.361. The zero-order chi connectivity index (χ0) is 15.8. The van der Waals surface area contributed by atoms with Gasteiger partial charge in [-0.15, -0.1) is 11.8 Å². The second kappa shape index (κ2) is 8.06. The summed E-state index contributed by atoms with van der Waals surface area (Å²) in [7, 11) is 0. The van der Waals surface area contributed by atoms with Crippen LogP contribution in [0.15, 0.2) is 65.1 Å². The summed E-state index contributed by atoms with van der Waals surface area (Å²) in [6, 6.07) is 19.3. The molecule has 0 saturated carbocycles. The Kier molecular flexibility index (Phi) is 5.81. The van der Waals surface area contributed by atoms with E-state index in [4.69, 9.17) is 0 Å². The van der Waals surface area contributed by atoms with Gasteiger partial charge in [0.25, 0.3) is 5.91 Å². The van der Waals surface area contributed by atoms with Crippen molar-refractivity contribution in [2.24, 2.45) is 0 Å². The zero-order valence-corrected chi connectivity index (χ0v) is 13.1. The second-order valence-electron chi connectivity index (χ2n) is 4.61. The molecule has 0 aliphatic rings. The van der Waals surface area contributed by atoms with E-state index >= 15 is 0 Å². The zero-order valence-electron chi connectivity index (χ0n) is 12.2. The van der Waals surface area contributed by atoms with Gasteiger partial charge < -0.3 is 5.32 Å². The molecular weight excluding hydrogens is 292 g/mol. The molecule has 1 N–H and O–H groups in total. The Balaban J connectivity index is 2.04. The molecule has 2 aromatic carbocycles. The highest BCUT2D eigenvalue weighted by molar-refractivity contribution is 7.98. The first-order valence-electron chi connectivity index (χ1n) is 6.81. The number of carbonyl (C=O) groups excluding carboxylic acids is 1. The van der Waals surface area contributed by atoms with Crippen LogP contribution in [0.2, 0.25) is 0 Å². The number of hydrogen-bond acceptors (Lipinski definition) is 3. The lowest BCUT2D eigenvalue weighted by Crippen LogP contribution is -2.23. The minimum Gasteiger partial charge on any atom is -0.347 e. The van der Waals surface area contributed by atoms with Crippen LogP contribution in [0.25, 0.3) is 6.08 Å². The summed E-state index contributed by atoms with van der Waals surface area (Å²) in [6.07, 6.45) is 3.60. The van der Waals surface area contributed by atoms with Crippen LogP contribution < -0.4 is 5.32 Å². The maximum absolute atomic E-state index is 12.1. The smallest absolute Gasteiger partial charge is 0.262 e. The lowest BCUT2D eigenvalue weighted by atomic mass is 10.1. The Morgan fingerprint density at radius 2 is 1.86 bits per heavy atom. The van der Waals surface area contributed by atoms with Crippen molar-refractivity contribution >= 4 is 23.7 Å². The fourth-order valence-corrected chi connectivity index (χ4v) is 2.30. The van der Waals surface area contributed by atoms with Crippen molar-refractivity contribution in [3.63, 3.8) is 0 Å². The van der Waals surface area contributed by atoms with Gasteiger partial charge in [-0.25, -0.2) is 0 Å². The molecule has 0 aliphatic heterocycles. The van der Waals surface area contributed by atoms with Crippen LogP contribution in [0.4, 0.5) is 0 Å². The SMILES string of the molecule is CSc1ccc(/C=C(/C#N)C(=O)NCc2ccccc2)cc1. The standard InChI is InChI=1S/C18H16N2OS/c1-22-17-9-7-14(8-10-17)11-16(12-19)18(21)20-13-15-5-3-2-4-6-15/h2-11H,13H2,1H3,(H,20,21)/b16-11-. The van der Waals surface area contributed by atoms with E-state index in [9.17, 15) is 10.1 Å². The molecule has 0 bridgehead atoms. The van der Waals surface area contributed by atoms with E-state index in [1.165, 1.54) is 0 Å². The molecule has 0 aromatic heterocycles. The van der Waals surface area contributed by atoms with Gasteiger partial charge in [-0.2, -0.15) is 5.26 Å². The lowest BCUT2D eigenvalue weighted by molar-refractivity contribution is -0.117. The highest BCUT2D eigenvalue weighted by Crippen LogP contribution is 2.16. The molecule has 1 amide bonds. The molecule has 22 heavy (non-hydrogen) atoms. The minimum absolute atomic E-state index is 0.104. The number of nitrogens with one attached hydrogen (secondary N) is 1. The van der Waals surface area contributed by atoms with Crippen molar-refractivity contribution in [1.29, 1.82) is 5.26 Å². The maximum Gasteiger partial charge on any atom is 0.262 e. The number of amides is 1. The van der Waals surface area contributed by atoms with Crippen molar-refractivity contribution in [3.05, 3.63) is 71.3 Å². The number of thioether (sulfide) groups is 1. The van der Waals surface area contributed by atoms with E-state index in [1.54, 1.807) is 17.8 Å². The Morgan fingerprint density at radius 1 is 1.18 bits per heavy atom. The molecule has 0 atom stereocenters. The van der Waals surface area contributed by atoms with Crippen LogP contribution in [0, 0.1) is 11.3 Å². The molecule has 0 spiro atoms. The van der Waals surface area contributed by atoms with Crippen LogP contribution in [-0.2, 0) is 11.3 Å². The molecule has 4 heteroatoms. The molecule has 0 fully saturated rings. The number of carbonyl (C=O) groups is 1. The van der Waals surface area contributed by atoms with Gasteiger partial charge in [-0.3, -0.25) is 4.79 Å². The number of nitriles is 1. The van der Waals surface area contributed by atoms with Gasteiger partial charge in [0.15, 0.2) is 0 Å². The normalized spacial score (nSPS) is 10.8. The predicted octanol–water partition coefficient (Wildman–Crippen LogP) is 3.63. The van der Waals surface area contributed by atoms with Gasteiger partial charge in [0.1, 0.15) is 11.6 Å². The number of rotatable bonds is 5. The number of hydrogen-bond donors (Lipinski definition) is 1. The molecule has 0 aliphatic carbocycles. The van der Waals surface area contributed by atoms with Crippen molar-refractivity contribution in [3.8, 4) is 6.07 Å². The maximum atomic E-state index is 12.1. The summed E-state index contributed by atoms with van der Waals surface area (Å²) >= 11 is 1.65. The van der Waals surface area contributed by atoms with Gasteiger partial charge in [-0.05, 0) is 35.6 Å². The highest BCUT2D eigenvalue weighted by Gasteiger charge is 2.08. The van der Waals surface area contributed by atoms with Gasteiger partial charge in [-0.1, -0.05) is 42.5 Å². The van der Waals surface area contributed by atoms with Crippen LogP contribution in [0.3, 0.4) is 0 Å². The topological polar surface area (TPSA) is 52.9 Å². The fourth-order valence-electron chi connectivity index (χ4n) is 1.89. The van der Waals surface area contributed by atoms with Gasteiger partial charge in [0.05, 0.1) is 0 Å². The van der Waals surface area contributed by atoms with Crippen molar-refractivity contribution < 1.29 is 4.79 Å². The molecule has 0 heterocycles. The quantitative estimate of drug-likeness (QED) is 0.521. The van der Waals surface area contributed by atoms with Crippen molar-refractivity contribution in [2.45, 2.75) is 11.4 Å². The Hall–Kier alpha value is -2.51. The second-order valence-corrected chi connectivity index (χ2v) is 5.49. The molecule has 2 aromatic rings. The summed E-state index contributed by atoms with van der Waals surface area (Å²) < 4.78 is 0. The van der Waals surface area contributed by atoms with E-state index < -0.39 is 0 Å². The third kappa shape index (κ3) is 4.51. The average molecular weight is 308 g/mol. The molecular formula is C18H16N2OS. The largest absolute Gasteiger partial charge is 0.347 e. The molecule has 0 radical (unpaired) electrons. The molecule has 0 unspecified atom stereocenters.